The maximum absolute atomic E-state index is 5.58. The molecule has 0 aromatic rings. The summed E-state index contributed by atoms with van der Waals surface area (Å²) in [4.78, 5) is 2.61. The fourth-order valence-electron chi connectivity index (χ4n) is 3.07. The van der Waals surface area contributed by atoms with Gasteiger partial charge in [0.2, 0.25) is 0 Å². The number of rotatable bonds is 6. The Bertz CT molecular complexity index is 232. The maximum atomic E-state index is 5.58. The van der Waals surface area contributed by atoms with E-state index in [0.29, 0.717) is 18.0 Å². The lowest BCUT2D eigenvalue weighted by atomic mass is 9.97. The highest BCUT2D eigenvalue weighted by molar-refractivity contribution is 4.85. The van der Waals surface area contributed by atoms with E-state index in [1.54, 1.807) is 0 Å². The highest BCUT2D eigenvalue weighted by atomic mass is 16.5. The fraction of sp³-hybridized carbons (Fsp3) is 1.00. The van der Waals surface area contributed by atoms with Gasteiger partial charge in [-0.05, 0) is 19.4 Å². The van der Waals surface area contributed by atoms with E-state index in [1.807, 2.05) is 0 Å². The molecule has 0 aromatic carbocycles. The van der Waals surface area contributed by atoms with Gasteiger partial charge in [-0.2, -0.15) is 0 Å². The zero-order valence-electron chi connectivity index (χ0n) is 11.9. The van der Waals surface area contributed by atoms with Crippen LogP contribution in [0.2, 0.25) is 0 Å². The molecule has 0 spiro atoms. The van der Waals surface area contributed by atoms with Crippen LogP contribution in [0.15, 0.2) is 0 Å². The van der Waals surface area contributed by atoms with Crippen molar-refractivity contribution in [3.63, 3.8) is 0 Å². The summed E-state index contributed by atoms with van der Waals surface area (Å²) in [5.41, 5.74) is 0. The van der Waals surface area contributed by atoms with Gasteiger partial charge in [0.15, 0.2) is 0 Å². The minimum Gasteiger partial charge on any atom is -0.381 e. The second kappa shape index (κ2) is 7.43. The predicted octanol–water partition coefficient (Wildman–Crippen LogP) is 1.11. The number of nitrogens with zero attached hydrogens (tertiary/aromatic N) is 1. The van der Waals surface area contributed by atoms with Crippen molar-refractivity contribution in [3.05, 3.63) is 0 Å². The van der Waals surface area contributed by atoms with Crippen LogP contribution < -0.4 is 5.32 Å². The van der Waals surface area contributed by atoms with Crippen molar-refractivity contribution < 1.29 is 9.47 Å². The summed E-state index contributed by atoms with van der Waals surface area (Å²) in [6.45, 7) is 11.4. The van der Waals surface area contributed by atoms with Crippen molar-refractivity contribution in [2.45, 2.75) is 38.8 Å². The van der Waals surface area contributed by atoms with Crippen molar-refractivity contribution >= 4 is 0 Å². The molecule has 18 heavy (non-hydrogen) atoms. The molecule has 4 nitrogen and oxygen atoms in total. The number of hydrogen-bond acceptors (Lipinski definition) is 4. The molecule has 2 rings (SSSR count). The van der Waals surface area contributed by atoms with Crippen LogP contribution in [0, 0.1) is 5.92 Å². The van der Waals surface area contributed by atoms with Gasteiger partial charge >= 0.3 is 0 Å². The average molecular weight is 256 g/mol. The van der Waals surface area contributed by atoms with Crippen molar-refractivity contribution in [2.75, 3.05) is 46.1 Å². The quantitative estimate of drug-likeness (QED) is 0.772. The normalized spacial score (nSPS) is 31.7. The second-order valence-electron chi connectivity index (χ2n) is 5.42. The molecule has 2 heterocycles. The molecule has 0 amide bonds. The number of ether oxygens (including phenoxy) is 2. The molecule has 0 aliphatic carbocycles. The monoisotopic (exact) mass is 256 g/mol. The van der Waals surface area contributed by atoms with Crippen LogP contribution in [0.3, 0.4) is 0 Å². The number of morpholine rings is 1. The van der Waals surface area contributed by atoms with Crippen molar-refractivity contribution in [2.24, 2.45) is 5.92 Å². The number of likely N-dealkylation sites (N-methyl/N-ethyl adjacent to an activating group) is 1. The highest BCUT2D eigenvalue weighted by Crippen LogP contribution is 2.20. The highest BCUT2D eigenvalue weighted by Gasteiger charge is 2.30. The minimum atomic E-state index is 0.574. The van der Waals surface area contributed by atoms with Crippen molar-refractivity contribution in [3.8, 4) is 0 Å². The molecule has 106 valence electrons. The molecule has 1 N–H and O–H groups in total. The van der Waals surface area contributed by atoms with E-state index < -0.39 is 0 Å². The lowest BCUT2D eigenvalue weighted by Gasteiger charge is -2.38. The van der Waals surface area contributed by atoms with Crippen molar-refractivity contribution in [1.82, 2.24) is 10.2 Å². The summed E-state index contributed by atoms with van der Waals surface area (Å²) >= 11 is 0. The SMILES string of the molecule is CCNC(CN1CCOCC1CC)C1CCOC1. The van der Waals surface area contributed by atoms with Crippen LogP contribution in [0.5, 0.6) is 0 Å². The van der Waals surface area contributed by atoms with Gasteiger partial charge in [-0.1, -0.05) is 13.8 Å². The fourth-order valence-corrected chi connectivity index (χ4v) is 3.07. The van der Waals surface area contributed by atoms with E-state index in [4.69, 9.17) is 9.47 Å². The second-order valence-corrected chi connectivity index (χ2v) is 5.42. The third-order valence-electron chi connectivity index (χ3n) is 4.25. The molecule has 2 aliphatic heterocycles. The first kappa shape index (κ1) is 14.3. The van der Waals surface area contributed by atoms with E-state index in [0.717, 1.165) is 46.1 Å². The molecule has 0 bridgehead atoms. The number of hydrogen-bond donors (Lipinski definition) is 1. The van der Waals surface area contributed by atoms with E-state index in [-0.39, 0.29) is 0 Å². The van der Waals surface area contributed by atoms with Gasteiger partial charge in [-0.3, -0.25) is 4.90 Å². The Morgan fingerprint density at radius 3 is 2.72 bits per heavy atom. The Balaban J connectivity index is 1.89. The van der Waals surface area contributed by atoms with Crippen LogP contribution in [-0.2, 0) is 9.47 Å². The Kier molecular flexibility index (Phi) is 5.89. The lowest BCUT2D eigenvalue weighted by molar-refractivity contribution is -0.0156. The summed E-state index contributed by atoms with van der Waals surface area (Å²) in [5, 5.41) is 3.65. The molecule has 0 radical (unpaired) electrons. The first-order chi connectivity index (χ1) is 8.85. The van der Waals surface area contributed by atoms with Gasteiger partial charge in [-0.25, -0.2) is 0 Å². The average Bonchev–Trinajstić information content (AvgIpc) is 2.92. The lowest BCUT2D eigenvalue weighted by Crippen LogP contribution is -2.53. The third kappa shape index (κ3) is 3.67. The van der Waals surface area contributed by atoms with Crippen molar-refractivity contribution in [1.29, 1.82) is 0 Å². The van der Waals surface area contributed by atoms with Crippen LogP contribution in [0.25, 0.3) is 0 Å². The van der Waals surface area contributed by atoms with Crippen LogP contribution in [0.4, 0.5) is 0 Å². The standard InChI is InChI=1S/C14H28N2O2/c1-3-13-11-18-8-6-16(13)9-14(15-4-2)12-5-7-17-10-12/h12-15H,3-11H2,1-2H3. The summed E-state index contributed by atoms with van der Waals surface area (Å²) in [6.07, 6.45) is 2.39. The molecule has 3 unspecified atom stereocenters. The van der Waals surface area contributed by atoms with E-state index in [9.17, 15) is 0 Å². The van der Waals surface area contributed by atoms with Gasteiger partial charge in [-0.15, -0.1) is 0 Å². The molecule has 0 saturated carbocycles. The summed E-state index contributed by atoms with van der Waals surface area (Å²) in [6, 6.07) is 1.17. The third-order valence-corrected chi connectivity index (χ3v) is 4.25. The molecule has 2 saturated heterocycles. The Morgan fingerprint density at radius 1 is 1.22 bits per heavy atom. The summed E-state index contributed by atoms with van der Waals surface area (Å²) in [7, 11) is 0. The zero-order chi connectivity index (χ0) is 12.8. The van der Waals surface area contributed by atoms with Gasteiger partial charge in [0, 0.05) is 37.7 Å². The summed E-state index contributed by atoms with van der Waals surface area (Å²) < 4.78 is 11.1. The molecule has 2 aliphatic rings. The van der Waals surface area contributed by atoms with Gasteiger partial charge in [0.25, 0.3) is 0 Å². The van der Waals surface area contributed by atoms with Gasteiger partial charge in [0.05, 0.1) is 19.8 Å². The Labute approximate surface area is 111 Å². The van der Waals surface area contributed by atoms with Crippen LogP contribution in [-0.4, -0.2) is 63.0 Å². The topological polar surface area (TPSA) is 33.7 Å². The predicted molar refractivity (Wildman–Crippen MR) is 72.9 cm³/mol. The largest absolute Gasteiger partial charge is 0.381 e. The number of nitrogens with one attached hydrogen (secondary N) is 1. The molecule has 2 fully saturated rings. The van der Waals surface area contributed by atoms with Crippen LogP contribution >= 0.6 is 0 Å². The van der Waals surface area contributed by atoms with E-state index >= 15 is 0 Å². The molecule has 3 atom stereocenters. The molecule has 4 heteroatoms. The van der Waals surface area contributed by atoms with Gasteiger partial charge < -0.3 is 14.8 Å². The Hall–Kier alpha value is -0.160. The molecular weight excluding hydrogens is 228 g/mol. The van der Waals surface area contributed by atoms with Crippen LogP contribution in [0.1, 0.15) is 26.7 Å². The first-order valence-electron chi connectivity index (χ1n) is 7.48. The van der Waals surface area contributed by atoms with E-state index in [1.165, 1.54) is 12.8 Å². The Morgan fingerprint density at radius 2 is 2.06 bits per heavy atom. The van der Waals surface area contributed by atoms with E-state index in [2.05, 4.69) is 24.1 Å². The smallest absolute Gasteiger partial charge is 0.0622 e. The zero-order valence-corrected chi connectivity index (χ0v) is 11.9. The maximum Gasteiger partial charge on any atom is 0.0622 e. The first-order valence-corrected chi connectivity index (χ1v) is 7.48. The molecule has 0 aromatic heterocycles. The summed E-state index contributed by atoms with van der Waals surface area (Å²) in [5.74, 6) is 0.685. The van der Waals surface area contributed by atoms with Gasteiger partial charge in [0.1, 0.15) is 0 Å². The molecular formula is C14H28N2O2. The minimum absolute atomic E-state index is 0.574.